The number of imide groups is 1. The third-order valence-electron chi connectivity index (χ3n) is 7.91. The summed E-state index contributed by atoms with van der Waals surface area (Å²) in [5.41, 5.74) is 5.19. The summed E-state index contributed by atoms with van der Waals surface area (Å²) in [6.45, 7) is 5.13. The molecule has 0 spiro atoms. The molecule has 0 unspecified atom stereocenters. The average molecular weight is 487 g/mol. The summed E-state index contributed by atoms with van der Waals surface area (Å²) in [7, 11) is 0. The number of rotatable bonds is 8. The van der Waals surface area contributed by atoms with Crippen LogP contribution in [0.4, 0.5) is 0 Å². The first-order chi connectivity index (χ1) is 17.5. The van der Waals surface area contributed by atoms with Gasteiger partial charge in [-0.15, -0.1) is 0 Å². The molecule has 3 heterocycles. The number of carbonyl (C=O) groups is 2. The minimum absolute atomic E-state index is 0.00309. The number of nitrogens with zero attached hydrogens (tertiary/aromatic N) is 2. The van der Waals surface area contributed by atoms with E-state index in [1.54, 1.807) is 12.3 Å². The van der Waals surface area contributed by atoms with Crippen molar-refractivity contribution in [3.8, 4) is 5.75 Å². The fraction of sp³-hybridized carbons (Fsp3) is 0.433. The SMILES string of the molecule is CCCN1C(=O)[C@@H]2[C@@H](CC(CC)=C3[C@@H](CC/C(=C/c4ccccc4O)c4ccccn4)OC[C@@H]32)C1=O. The number of hydrogen-bond acceptors (Lipinski definition) is 5. The highest BCUT2D eigenvalue weighted by atomic mass is 16.5. The molecule has 4 atom stereocenters. The molecule has 0 saturated carbocycles. The van der Waals surface area contributed by atoms with Gasteiger partial charge in [0.25, 0.3) is 0 Å². The van der Waals surface area contributed by atoms with Crippen molar-refractivity contribution in [2.75, 3.05) is 13.2 Å². The second kappa shape index (κ2) is 10.4. The highest BCUT2D eigenvalue weighted by Gasteiger charge is 2.56. The van der Waals surface area contributed by atoms with Crippen LogP contribution in [0.3, 0.4) is 0 Å². The fourth-order valence-electron chi connectivity index (χ4n) is 6.23. The molecule has 0 radical (unpaired) electrons. The standard InChI is InChI=1S/C30H34N2O4/c1-3-15-32-29(34)22-17-19(4-2)27-23(28(22)30(32)35)18-36-26(27)13-12-20(24-10-7-8-14-31-24)16-21-9-5-6-11-25(21)33/h5-11,14,16,22-23,26,28,33H,3-4,12-13,15,17-18H2,1-2H3/b20-16-/t22-,23+,26-,28-/m1/s1. The molecule has 6 nitrogen and oxygen atoms in total. The second-order valence-corrected chi connectivity index (χ2v) is 9.99. The summed E-state index contributed by atoms with van der Waals surface area (Å²) in [6, 6.07) is 13.1. The van der Waals surface area contributed by atoms with E-state index in [4.69, 9.17) is 4.74 Å². The summed E-state index contributed by atoms with van der Waals surface area (Å²) in [5, 5.41) is 10.3. The van der Waals surface area contributed by atoms with Crippen LogP contribution < -0.4 is 0 Å². The molecule has 2 aliphatic heterocycles. The molecule has 188 valence electrons. The topological polar surface area (TPSA) is 79.7 Å². The van der Waals surface area contributed by atoms with Gasteiger partial charge in [-0.05, 0) is 67.5 Å². The summed E-state index contributed by atoms with van der Waals surface area (Å²) in [5.74, 6) is -0.307. The van der Waals surface area contributed by atoms with Crippen LogP contribution in [0.15, 0.2) is 59.8 Å². The van der Waals surface area contributed by atoms with Gasteiger partial charge in [0.1, 0.15) is 5.75 Å². The van der Waals surface area contributed by atoms with E-state index in [1.807, 2.05) is 49.4 Å². The third-order valence-corrected chi connectivity index (χ3v) is 7.91. The summed E-state index contributed by atoms with van der Waals surface area (Å²) in [4.78, 5) is 32.4. The van der Waals surface area contributed by atoms with E-state index in [9.17, 15) is 14.7 Å². The van der Waals surface area contributed by atoms with Crippen LogP contribution in [0.2, 0.25) is 0 Å². The first kappa shape index (κ1) is 24.4. The zero-order valence-electron chi connectivity index (χ0n) is 21.0. The summed E-state index contributed by atoms with van der Waals surface area (Å²) >= 11 is 0. The van der Waals surface area contributed by atoms with E-state index < -0.39 is 0 Å². The Morgan fingerprint density at radius 3 is 2.64 bits per heavy atom. The van der Waals surface area contributed by atoms with Crippen LogP contribution in [0.1, 0.15) is 57.2 Å². The lowest BCUT2D eigenvalue weighted by Crippen LogP contribution is -2.34. The van der Waals surface area contributed by atoms with Crippen LogP contribution in [0.25, 0.3) is 11.6 Å². The molecule has 1 N–H and O–H groups in total. The fourth-order valence-corrected chi connectivity index (χ4v) is 6.23. The lowest BCUT2D eigenvalue weighted by Gasteiger charge is -2.31. The second-order valence-electron chi connectivity index (χ2n) is 9.99. The number of carbonyl (C=O) groups excluding carboxylic acids is 2. The zero-order valence-corrected chi connectivity index (χ0v) is 21.0. The molecule has 2 saturated heterocycles. The highest BCUT2D eigenvalue weighted by molar-refractivity contribution is 6.06. The quantitative estimate of drug-likeness (QED) is 0.408. The smallest absolute Gasteiger partial charge is 0.233 e. The summed E-state index contributed by atoms with van der Waals surface area (Å²) in [6.07, 6.45) is 7.48. The van der Waals surface area contributed by atoms with Gasteiger partial charge < -0.3 is 9.84 Å². The predicted octanol–water partition coefficient (Wildman–Crippen LogP) is 5.24. The van der Waals surface area contributed by atoms with E-state index in [0.29, 0.717) is 26.0 Å². The maximum Gasteiger partial charge on any atom is 0.233 e. The number of para-hydroxylation sites is 1. The Kier molecular flexibility index (Phi) is 7.06. The van der Waals surface area contributed by atoms with Crippen molar-refractivity contribution in [3.63, 3.8) is 0 Å². The number of benzene rings is 1. The van der Waals surface area contributed by atoms with Crippen LogP contribution in [0.5, 0.6) is 5.75 Å². The van der Waals surface area contributed by atoms with Gasteiger partial charge in [-0.1, -0.05) is 43.7 Å². The van der Waals surface area contributed by atoms with E-state index in [2.05, 4.69) is 11.9 Å². The first-order valence-electron chi connectivity index (χ1n) is 13.1. The van der Waals surface area contributed by atoms with Crippen molar-refractivity contribution >= 4 is 23.5 Å². The van der Waals surface area contributed by atoms with E-state index >= 15 is 0 Å². The number of likely N-dealkylation sites (tertiary alicyclic amines) is 1. The third kappa shape index (κ3) is 4.39. The number of phenols is 1. The minimum atomic E-state index is -0.286. The Morgan fingerprint density at radius 1 is 1.11 bits per heavy atom. The lowest BCUT2D eigenvalue weighted by atomic mass is 9.69. The first-order valence-corrected chi connectivity index (χ1v) is 13.1. The van der Waals surface area contributed by atoms with Gasteiger partial charge in [-0.3, -0.25) is 19.5 Å². The number of hydrogen-bond donors (Lipinski definition) is 1. The minimum Gasteiger partial charge on any atom is -0.507 e. The molecule has 5 rings (SSSR count). The number of phenolic OH excluding ortho intramolecular Hbond substituents is 1. The number of aromatic hydroxyl groups is 1. The van der Waals surface area contributed by atoms with Gasteiger partial charge in [0, 0.05) is 24.2 Å². The van der Waals surface area contributed by atoms with Crippen LogP contribution in [0, 0.1) is 17.8 Å². The molecular weight excluding hydrogens is 452 g/mol. The molecule has 1 aromatic heterocycles. The number of pyridine rings is 1. The van der Waals surface area contributed by atoms with Gasteiger partial charge in [0.05, 0.1) is 30.2 Å². The van der Waals surface area contributed by atoms with Gasteiger partial charge >= 0.3 is 0 Å². The van der Waals surface area contributed by atoms with Crippen molar-refractivity contribution < 1.29 is 19.4 Å². The summed E-state index contributed by atoms with van der Waals surface area (Å²) < 4.78 is 6.34. The maximum atomic E-state index is 13.3. The molecule has 36 heavy (non-hydrogen) atoms. The molecule has 6 heteroatoms. The average Bonchev–Trinajstić information content (AvgIpc) is 3.42. The van der Waals surface area contributed by atoms with Crippen molar-refractivity contribution in [1.29, 1.82) is 0 Å². The molecule has 1 aliphatic carbocycles. The Morgan fingerprint density at radius 2 is 1.92 bits per heavy atom. The molecule has 2 amide bonds. The number of allylic oxidation sites excluding steroid dienone is 2. The Bertz CT molecular complexity index is 1200. The van der Waals surface area contributed by atoms with Crippen molar-refractivity contribution in [3.05, 3.63) is 71.1 Å². The Hall–Kier alpha value is -3.25. The molecule has 1 aromatic carbocycles. The molecule has 2 fully saturated rings. The molecule has 2 aromatic rings. The number of amides is 2. The number of ether oxygens (including phenoxy) is 1. The largest absolute Gasteiger partial charge is 0.507 e. The molecular formula is C30H34N2O4. The van der Waals surface area contributed by atoms with E-state index in [0.717, 1.165) is 36.1 Å². The van der Waals surface area contributed by atoms with Gasteiger partial charge in [0.2, 0.25) is 11.8 Å². The van der Waals surface area contributed by atoms with Crippen LogP contribution >= 0.6 is 0 Å². The van der Waals surface area contributed by atoms with Crippen molar-refractivity contribution in [2.24, 2.45) is 17.8 Å². The van der Waals surface area contributed by atoms with Crippen molar-refractivity contribution in [1.82, 2.24) is 9.88 Å². The van der Waals surface area contributed by atoms with E-state index in [-0.39, 0.29) is 41.4 Å². The Labute approximate surface area is 212 Å². The normalized spacial score (nSPS) is 25.9. The number of fused-ring (bicyclic) bond motifs is 3. The maximum absolute atomic E-state index is 13.3. The van der Waals surface area contributed by atoms with Crippen LogP contribution in [-0.4, -0.2) is 46.1 Å². The number of aromatic nitrogens is 1. The molecule has 3 aliphatic rings. The monoisotopic (exact) mass is 486 g/mol. The van der Waals surface area contributed by atoms with Crippen molar-refractivity contribution in [2.45, 2.75) is 52.1 Å². The highest BCUT2D eigenvalue weighted by Crippen LogP contribution is 2.50. The lowest BCUT2D eigenvalue weighted by molar-refractivity contribution is -0.140. The zero-order chi connectivity index (χ0) is 25.2. The Balaban J connectivity index is 1.41. The van der Waals surface area contributed by atoms with Gasteiger partial charge in [-0.25, -0.2) is 0 Å². The van der Waals surface area contributed by atoms with E-state index in [1.165, 1.54) is 16.0 Å². The predicted molar refractivity (Wildman–Crippen MR) is 139 cm³/mol. The molecule has 0 bridgehead atoms. The van der Waals surface area contributed by atoms with Gasteiger partial charge in [0.15, 0.2) is 0 Å². The van der Waals surface area contributed by atoms with Gasteiger partial charge in [-0.2, -0.15) is 0 Å². The van der Waals surface area contributed by atoms with Crippen LogP contribution in [-0.2, 0) is 14.3 Å².